The molecule has 1 amide bonds. The molecule has 0 saturated heterocycles. The van der Waals surface area contributed by atoms with E-state index in [1.807, 2.05) is 19.2 Å². The van der Waals surface area contributed by atoms with Crippen molar-refractivity contribution < 1.29 is 9.90 Å². The van der Waals surface area contributed by atoms with Crippen molar-refractivity contribution in [2.45, 2.75) is 26.8 Å². The zero-order chi connectivity index (χ0) is 17.1. The predicted octanol–water partition coefficient (Wildman–Crippen LogP) is 4.37. The molecule has 23 heavy (non-hydrogen) atoms. The highest BCUT2D eigenvalue weighted by atomic mass is 79.9. The Bertz CT molecular complexity index is 767. The summed E-state index contributed by atoms with van der Waals surface area (Å²) in [5.41, 5.74) is 4.58. The number of phenols is 1. The molecular formula is C16H17Br2N3O2. The van der Waals surface area contributed by atoms with E-state index in [4.69, 9.17) is 0 Å². The number of amides is 1. The second kappa shape index (κ2) is 7.31. The molecule has 0 unspecified atom stereocenters. The molecule has 7 heteroatoms. The van der Waals surface area contributed by atoms with Crippen molar-refractivity contribution in [3.05, 3.63) is 50.2 Å². The molecule has 0 aliphatic rings. The standard InChI is InChI=1S/C16H17Br2N3O2/c1-9(2)21-8-11(4-10(21)3)7-19-20-16(23)13-5-12(17)6-14(18)15(13)22/h4-9,22H,1-3H3,(H,20,23)/b19-7-. The third-order valence-electron chi connectivity index (χ3n) is 3.28. The summed E-state index contributed by atoms with van der Waals surface area (Å²) in [6.45, 7) is 6.22. The number of hydrazone groups is 1. The molecule has 2 rings (SSSR count). The number of aromatic hydroxyl groups is 1. The summed E-state index contributed by atoms with van der Waals surface area (Å²) < 4.78 is 3.24. The van der Waals surface area contributed by atoms with E-state index in [0.717, 1.165) is 11.3 Å². The molecule has 0 spiro atoms. The van der Waals surface area contributed by atoms with E-state index in [-0.39, 0.29) is 11.3 Å². The number of halogens is 2. The molecule has 2 aromatic rings. The summed E-state index contributed by atoms with van der Waals surface area (Å²) in [6, 6.07) is 5.54. The zero-order valence-corrected chi connectivity index (χ0v) is 16.1. The van der Waals surface area contributed by atoms with Crippen molar-refractivity contribution in [2.75, 3.05) is 0 Å². The average Bonchev–Trinajstić information content (AvgIpc) is 2.84. The zero-order valence-electron chi connectivity index (χ0n) is 13.0. The van der Waals surface area contributed by atoms with E-state index in [1.54, 1.807) is 12.3 Å². The van der Waals surface area contributed by atoms with Gasteiger partial charge in [-0.3, -0.25) is 4.79 Å². The topological polar surface area (TPSA) is 66.6 Å². The molecule has 0 saturated carbocycles. The SMILES string of the molecule is Cc1cc(/C=N\NC(=O)c2cc(Br)cc(Br)c2O)cn1C(C)C. The predicted molar refractivity (Wildman–Crippen MR) is 98.1 cm³/mol. The highest BCUT2D eigenvalue weighted by molar-refractivity contribution is 9.11. The summed E-state index contributed by atoms with van der Waals surface area (Å²) >= 11 is 6.48. The van der Waals surface area contributed by atoms with Gasteiger partial charge in [-0.25, -0.2) is 5.43 Å². The van der Waals surface area contributed by atoms with Crippen LogP contribution >= 0.6 is 31.9 Å². The maximum Gasteiger partial charge on any atom is 0.275 e. The number of benzene rings is 1. The molecule has 0 aliphatic carbocycles. The first kappa shape index (κ1) is 17.7. The maximum absolute atomic E-state index is 12.1. The number of nitrogens with zero attached hydrogens (tertiary/aromatic N) is 2. The van der Waals surface area contributed by atoms with Gasteiger partial charge in [0, 0.05) is 28.0 Å². The third-order valence-corrected chi connectivity index (χ3v) is 4.34. The van der Waals surface area contributed by atoms with Crippen molar-refractivity contribution in [1.29, 1.82) is 0 Å². The Labute approximate surface area is 151 Å². The van der Waals surface area contributed by atoms with Crippen molar-refractivity contribution in [3.63, 3.8) is 0 Å². The van der Waals surface area contributed by atoms with E-state index >= 15 is 0 Å². The third kappa shape index (κ3) is 4.23. The molecular weight excluding hydrogens is 426 g/mol. The van der Waals surface area contributed by atoms with Crippen LogP contribution < -0.4 is 5.43 Å². The van der Waals surface area contributed by atoms with Gasteiger partial charge in [0.1, 0.15) is 5.75 Å². The van der Waals surface area contributed by atoms with Crippen LogP contribution in [0.2, 0.25) is 0 Å². The highest BCUT2D eigenvalue weighted by Gasteiger charge is 2.14. The second-order valence-electron chi connectivity index (χ2n) is 5.40. The van der Waals surface area contributed by atoms with Gasteiger partial charge >= 0.3 is 0 Å². The van der Waals surface area contributed by atoms with E-state index in [0.29, 0.717) is 15.0 Å². The largest absolute Gasteiger partial charge is 0.506 e. The number of rotatable bonds is 4. The van der Waals surface area contributed by atoms with Crippen LogP contribution in [-0.2, 0) is 0 Å². The van der Waals surface area contributed by atoms with Crippen LogP contribution in [0, 0.1) is 6.92 Å². The summed E-state index contributed by atoms with van der Waals surface area (Å²) in [4.78, 5) is 12.1. The summed E-state index contributed by atoms with van der Waals surface area (Å²) in [6.07, 6.45) is 3.55. The Morgan fingerprint density at radius 2 is 2.04 bits per heavy atom. The van der Waals surface area contributed by atoms with Gasteiger partial charge in [-0.15, -0.1) is 0 Å². The monoisotopic (exact) mass is 441 g/mol. The van der Waals surface area contributed by atoms with Crippen LogP contribution in [0.1, 0.15) is 41.5 Å². The van der Waals surface area contributed by atoms with Crippen molar-refractivity contribution >= 4 is 44.0 Å². The summed E-state index contributed by atoms with van der Waals surface area (Å²) in [5.74, 6) is -0.608. The Kier molecular flexibility index (Phi) is 5.64. The quantitative estimate of drug-likeness (QED) is 0.545. The number of hydrogen-bond acceptors (Lipinski definition) is 3. The molecule has 0 aliphatic heterocycles. The van der Waals surface area contributed by atoms with Crippen LogP contribution in [0.4, 0.5) is 0 Å². The lowest BCUT2D eigenvalue weighted by Gasteiger charge is -2.08. The normalized spacial score (nSPS) is 11.4. The van der Waals surface area contributed by atoms with Gasteiger partial charge in [0.25, 0.3) is 5.91 Å². The number of nitrogens with one attached hydrogen (secondary N) is 1. The van der Waals surface area contributed by atoms with Gasteiger partial charge in [-0.1, -0.05) is 15.9 Å². The minimum Gasteiger partial charge on any atom is -0.506 e. The Morgan fingerprint density at radius 1 is 1.35 bits per heavy atom. The van der Waals surface area contributed by atoms with Crippen LogP contribution in [0.3, 0.4) is 0 Å². The fraction of sp³-hybridized carbons (Fsp3) is 0.250. The minimum absolute atomic E-state index is 0.122. The molecule has 0 bridgehead atoms. The Hall–Kier alpha value is -1.60. The highest BCUT2D eigenvalue weighted by Crippen LogP contribution is 2.31. The second-order valence-corrected chi connectivity index (χ2v) is 7.17. The summed E-state index contributed by atoms with van der Waals surface area (Å²) in [5, 5.41) is 13.9. The number of phenolic OH excluding ortho intramolecular Hbond substituents is 1. The van der Waals surface area contributed by atoms with Crippen molar-refractivity contribution in [1.82, 2.24) is 9.99 Å². The number of carbonyl (C=O) groups excluding carboxylic acids is 1. The van der Waals surface area contributed by atoms with Gasteiger partial charge in [-0.2, -0.15) is 5.10 Å². The number of aromatic nitrogens is 1. The first-order valence-electron chi connectivity index (χ1n) is 6.99. The van der Waals surface area contributed by atoms with E-state index in [2.05, 4.69) is 60.8 Å². The molecule has 5 nitrogen and oxygen atoms in total. The molecule has 2 N–H and O–H groups in total. The lowest BCUT2D eigenvalue weighted by atomic mass is 10.2. The fourth-order valence-electron chi connectivity index (χ4n) is 2.21. The van der Waals surface area contributed by atoms with Crippen LogP contribution in [-0.4, -0.2) is 21.8 Å². The van der Waals surface area contributed by atoms with Crippen molar-refractivity contribution in [2.24, 2.45) is 5.10 Å². The lowest BCUT2D eigenvalue weighted by molar-refractivity contribution is 0.0952. The van der Waals surface area contributed by atoms with Gasteiger partial charge in [-0.05, 0) is 54.9 Å². The molecule has 1 aromatic heterocycles. The fourth-order valence-corrected chi connectivity index (χ4v) is 3.43. The molecule has 0 atom stereocenters. The van der Waals surface area contributed by atoms with Gasteiger partial charge in [0.2, 0.25) is 0 Å². The van der Waals surface area contributed by atoms with E-state index in [1.165, 1.54) is 6.07 Å². The lowest BCUT2D eigenvalue weighted by Crippen LogP contribution is -2.17. The average molecular weight is 443 g/mol. The van der Waals surface area contributed by atoms with Gasteiger partial charge < -0.3 is 9.67 Å². The molecule has 0 radical (unpaired) electrons. The number of hydrogen-bond donors (Lipinski definition) is 2. The van der Waals surface area contributed by atoms with Crippen LogP contribution in [0.5, 0.6) is 5.75 Å². The van der Waals surface area contributed by atoms with E-state index in [9.17, 15) is 9.90 Å². The van der Waals surface area contributed by atoms with Crippen molar-refractivity contribution in [3.8, 4) is 5.75 Å². The van der Waals surface area contributed by atoms with E-state index < -0.39 is 5.91 Å². The summed E-state index contributed by atoms with van der Waals surface area (Å²) in [7, 11) is 0. The Morgan fingerprint density at radius 3 is 2.65 bits per heavy atom. The molecule has 1 aromatic carbocycles. The first-order chi connectivity index (χ1) is 10.8. The number of carbonyl (C=O) groups is 1. The maximum atomic E-state index is 12.1. The van der Waals surface area contributed by atoms with Gasteiger partial charge in [0.05, 0.1) is 16.3 Å². The molecule has 122 valence electrons. The van der Waals surface area contributed by atoms with Gasteiger partial charge in [0.15, 0.2) is 0 Å². The first-order valence-corrected chi connectivity index (χ1v) is 8.58. The molecule has 0 fully saturated rings. The van der Waals surface area contributed by atoms with Crippen LogP contribution in [0.15, 0.2) is 38.4 Å². The minimum atomic E-state index is -0.485. The van der Waals surface area contributed by atoms with Crippen LogP contribution in [0.25, 0.3) is 0 Å². The Balaban J connectivity index is 2.12. The smallest absolute Gasteiger partial charge is 0.275 e. The molecule has 1 heterocycles. The number of aryl methyl sites for hydroxylation is 1.